The molecule has 148 valence electrons. The molecule has 0 saturated carbocycles. The minimum absolute atomic E-state index is 0.0918. The predicted octanol–water partition coefficient (Wildman–Crippen LogP) is -1.55. The summed E-state index contributed by atoms with van der Waals surface area (Å²) >= 11 is 0. The van der Waals surface area contributed by atoms with Crippen LogP contribution in [0, 0.1) is 0 Å². The maximum atomic E-state index is 11.4. The Morgan fingerprint density at radius 2 is 1.88 bits per heavy atom. The number of aryl methyl sites for hydroxylation is 1. The van der Waals surface area contributed by atoms with E-state index < -0.39 is 24.4 Å². The maximum Gasteiger partial charge on any atom is 0.275 e. The van der Waals surface area contributed by atoms with E-state index in [0.29, 0.717) is 18.5 Å². The van der Waals surface area contributed by atoms with Gasteiger partial charge in [0, 0.05) is 25.5 Å². The SMILES string of the molecule is CCCC(=O)NC(O)CC(O)C(O)c1cnc(CCCC(O)(O)O)cn1. The van der Waals surface area contributed by atoms with Crippen LogP contribution < -0.4 is 5.32 Å². The van der Waals surface area contributed by atoms with Crippen molar-refractivity contribution in [1.29, 1.82) is 0 Å². The number of carbonyl (C=O) groups excluding carboxylic acids is 1. The van der Waals surface area contributed by atoms with Gasteiger partial charge in [0.15, 0.2) is 0 Å². The molecule has 10 heteroatoms. The van der Waals surface area contributed by atoms with E-state index in [-0.39, 0.29) is 37.3 Å². The van der Waals surface area contributed by atoms with Gasteiger partial charge in [0.05, 0.1) is 23.7 Å². The summed E-state index contributed by atoms with van der Waals surface area (Å²) < 4.78 is 0. The van der Waals surface area contributed by atoms with E-state index in [1.807, 2.05) is 6.92 Å². The molecule has 1 rings (SSSR count). The Morgan fingerprint density at radius 3 is 2.42 bits per heavy atom. The largest absolute Gasteiger partial charge is 0.390 e. The number of nitrogens with one attached hydrogen (secondary N) is 1. The zero-order valence-electron chi connectivity index (χ0n) is 14.6. The smallest absolute Gasteiger partial charge is 0.275 e. The second-order valence-electron chi connectivity index (χ2n) is 6.14. The molecule has 0 aliphatic carbocycles. The number of aliphatic hydroxyl groups excluding tert-OH is 3. The van der Waals surface area contributed by atoms with Crippen LogP contribution in [0.3, 0.4) is 0 Å². The lowest BCUT2D eigenvalue weighted by atomic mass is 10.1. The zero-order valence-corrected chi connectivity index (χ0v) is 14.6. The van der Waals surface area contributed by atoms with Crippen LogP contribution in [0.2, 0.25) is 0 Å². The Morgan fingerprint density at radius 1 is 1.19 bits per heavy atom. The molecule has 0 saturated heterocycles. The highest BCUT2D eigenvalue weighted by Crippen LogP contribution is 2.18. The summed E-state index contributed by atoms with van der Waals surface area (Å²) in [6.07, 6.45) is -0.474. The number of hydrogen-bond donors (Lipinski definition) is 7. The molecule has 1 aromatic rings. The minimum atomic E-state index is -2.72. The molecular weight excluding hydrogens is 346 g/mol. The molecule has 3 unspecified atom stereocenters. The van der Waals surface area contributed by atoms with Gasteiger partial charge in [-0.05, 0) is 19.3 Å². The van der Waals surface area contributed by atoms with Crippen molar-refractivity contribution in [3.63, 3.8) is 0 Å². The van der Waals surface area contributed by atoms with E-state index in [2.05, 4.69) is 15.3 Å². The van der Waals surface area contributed by atoms with Crippen LogP contribution in [-0.2, 0) is 11.2 Å². The highest BCUT2D eigenvalue weighted by Gasteiger charge is 2.24. The first-order chi connectivity index (χ1) is 12.1. The van der Waals surface area contributed by atoms with E-state index in [1.165, 1.54) is 12.4 Å². The van der Waals surface area contributed by atoms with Crippen LogP contribution in [0.25, 0.3) is 0 Å². The molecule has 1 amide bonds. The number of rotatable bonds is 11. The first-order valence-corrected chi connectivity index (χ1v) is 8.44. The van der Waals surface area contributed by atoms with Gasteiger partial charge in [-0.2, -0.15) is 0 Å². The molecule has 0 aromatic carbocycles. The van der Waals surface area contributed by atoms with Gasteiger partial charge in [-0.1, -0.05) is 6.92 Å². The first-order valence-electron chi connectivity index (χ1n) is 8.44. The van der Waals surface area contributed by atoms with Crippen LogP contribution in [0.4, 0.5) is 0 Å². The number of aromatic nitrogens is 2. The van der Waals surface area contributed by atoms with Gasteiger partial charge in [0.25, 0.3) is 5.97 Å². The number of aliphatic hydroxyl groups is 6. The first kappa shape index (κ1) is 22.4. The third-order valence-electron chi connectivity index (χ3n) is 3.61. The van der Waals surface area contributed by atoms with E-state index in [1.54, 1.807) is 0 Å². The van der Waals surface area contributed by atoms with Crippen molar-refractivity contribution in [3.05, 3.63) is 23.8 Å². The lowest BCUT2D eigenvalue weighted by molar-refractivity contribution is -0.314. The van der Waals surface area contributed by atoms with Crippen molar-refractivity contribution in [2.24, 2.45) is 0 Å². The Balaban J connectivity index is 2.50. The lowest BCUT2D eigenvalue weighted by Gasteiger charge is -2.21. The number of carbonyl (C=O) groups is 1. The summed E-state index contributed by atoms with van der Waals surface area (Å²) in [7, 11) is 0. The maximum absolute atomic E-state index is 11.4. The Hall–Kier alpha value is -1.69. The molecule has 0 radical (unpaired) electrons. The summed E-state index contributed by atoms with van der Waals surface area (Å²) in [6, 6.07) is 0. The highest BCUT2D eigenvalue weighted by atomic mass is 16.7. The molecule has 1 aromatic heterocycles. The highest BCUT2D eigenvalue weighted by molar-refractivity contribution is 5.75. The van der Waals surface area contributed by atoms with Crippen LogP contribution in [-0.4, -0.2) is 64.8 Å². The van der Waals surface area contributed by atoms with Gasteiger partial charge >= 0.3 is 0 Å². The van der Waals surface area contributed by atoms with Crippen molar-refractivity contribution < 1.29 is 35.4 Å². The third-order valence-corrected chi connectivity index (χ3v) is 3.61. The summed E-state index contributed by atoms with van der Waals surface area (Å²) in [5.41, 5.74) is 0.598. The van der Waals surface area contributed by atoms with Gasteiger partial charge in [0.2, 0.25) is 5.91 Å². The minimum Gasteiger partial charge on any atom is -0.390 e. The topological polar surface area (TPSA) is 176 Å². The Labute approximate surface area is 151 Å². The summed E-state index contributed by atoms with van der Waals surface area (Å²) in [4.78, 5) is 19.4. The van der Waals surface area contributed by atoms with Crippen molar-refractivity contribution in [2.45, 2.75) is 69.9 Å². The fraction of sp³-hybridized carbons (Fsp3) is 0.688. The van der Waals surface area contributed by atoms with Crippen molar-refractivity contribution >= 4 is 5.91 Å². The van der Waals surface area contributed by atoms with Crippen LogP contribution >= 0.6 is 0 Å². The molecule has 26 heavy (non-hydrogen) atoms. The molecule has 10 nitrogen and oxygen atoms in total. The molecule has 3 atom stereocenters. The summed E-state index contributed by atoms with van der Waals surface area (Å²) in [5.74, 6) is -3.07. The molecular formula is C16H27N3O7. The quantitative estimate of drug-likeness (QED) is 0.226. The molecule has 1 heterocycles. The van der Waals surface area contributed by atoms with Crippen molar-refractivity contribution in [1.82, 2.24) is 15.3 Å². The average Bonchev–Trinajstić information content (AvgIpc) is 2.53. The number of nitrogens with zero attached hydrogens (tertiary/aromatic N) is 2. The number of amides is 1. The Kier molecular flexibility index (Phi) is 8.99. The van der Waals surface area contributed by atoms with Gasteiger partial charge in [0.1, 0.15) is 12.3 Å². The van der Waals surface area contributed by atoms with Gasteiger partial charge in [-0.3, -0.25) is 14.8 Å². The van der Waals surface area contributed by atoms with Crippen molar-refractivity contribution in [3.8, 4) is 0 Å². The van der Waals surface area contributed by atoms with Gasteiger partial charge in [-0.25, -0.2) is 0 Å². The van der Waals surface area contributed by atoms with E-state index >= 15 is 0 Å². The molecule has 0 fully saturated rings. The van der Waals surface area contributed by atoms with Gasteiger partial charge < -0.3 is 36.0 Å². The van der Waals surface area contributed by atoms with Crippen LogP contribution in [0.5, 0.6) is 0 Å². The van der Waals surface area contributed by atoms with Crippen LogP contribution in [0.15, 0.2) is 12.4 Å². The number of hydrogen-bond acceptors (Lipinski definition) is 9. The second-order valence-corrected chi connectivity index (χ2v) is 6.14. The second kappa shape index (κ2) is 10.5. The molecule has 0 spiro atoms. The normalized spacial score (nSPS) is 15.3. The summed E-state index contributed by atoms with van der Waals surface area (Å²) in [5, 5.41) is 58.5. The third kappa shape index (κ3) is 8.61. The lowest BCUT2D eigenvalue weighted by Crippen LogP contribution is -2.38. The van der Waals surface area contributed by atoms with Crippen LogP contribution in [0.1, 0.15) is 56.5 Å². The average molecular weight is 373 g/mol. The molecule has 7 N–H and O–H groups in total. The fourth-order valence-corrected chi connectivity index (χ4v) is 2.25. The van der Waals surface area contributed by atoms with Gasteiger partial charge in [-0.15, -0.1) is 0 Å². The van der Waals surface area contributed by atoms with E-state index in [0.717, 1.165) is 0 Å². The molecule has 0 bridgehead atoms. The molecule has 0 aliphatic rings. The van der Waals surface area contributed by atoms with Crippen molar-refractivity contribution in [2.75, 3.05) is 0 Å². The molecule has 0 aliphatic heterocycles. The fourth-order valence-electron chi connectivity index (χ4n) is 2.25. The zero-order chi connectivity index (χ0) is 19.7. The van der Waals surface area contributed by atoms with E-state index in [4.69, 9.17) is 15.3 Å². The predicted molar refractivity (Wildman–Crippen MR) is 89.0 cm³/mol. The standard InChI is InChI=1S/C16H27N3O7/c1-2-4-13(21)19-14(22)7-12(20)15(23)11-9-17-10(8-18-11)5-3-6-16(24,25)26/h8-9,12,14-15,20,22-26H,2-7H2,1H3,(H,19,21). The summed E-state index contributed by atoms with van der Waals surface area (Å²) in [6.45, 7) is 1.82. The van der Waals surface area contributed by atoms with E-state index in [9.17, 15) is 20.1 Å². The Bertz CT molecular complexity index is 548. The monoisotopic (exact) mass is 373 g/mol.